The fourth-order valence-electron chi connectivity index (χ4n) is 2.80. The number of hydrogen-bond acceptors (Lipinski definition) is 4. The highest BCUT2D eigenvalue weighted by Crippen LogP contribution is 2.20. The number of fused-ring (bicyclic) bond motifs is 1. The van der Waals surface area contributed by atoms with Gasteiger partial charge < -0.3 is 20.9 Å². The van der Waals surface area contributed by atoms with Crippen LogP contribution in [0.5, 0.6) is 0 Å². The van der Waals surface area contributed by atoms with E-state index in [9.17, 15) is 23.7 Å². The fourth-order valence-corrected chi connectivity index (χ4v) is 3.58. The van der Waals surface area contributed by atoms with Gasteiger partial charge in [0.05, 0.1) is 0 Å². The zero-order chi connectivity index (χ0) is 20.7. The number of carboxylic acids is 1. The highest BCUT2D eigenvalue weighted by Gasteiger charge is 2.29. The second kappa shape index (κ2) is 9.72. The van der Waals surface area contributed by atoms with Gasteiger partial charge in [0, 0.05) is 40.6 Å². The Morgan fingerprint density at radius 2 is 2.07 bits per heavy atom. The maximum absolute atomic E-state index is 12.6. The molecule has 0 bridgehead atoms. The predicted molar refractivity (Wildman–Crippen MR) is 103 cm³/mol. The Hall–Kier alpha value is -3.10. The molecule has 0 fully saturated rings. The topological polar surface area (TPSA) is 153 Å². The van der Waals surface area contributed by atoms with E-state index in [4.69, 9.17) is 5.53 Å². The van der Waals surface area contributed by atoms with Crippen LogP contribution in [0.25, 0.3) is 16.4 Å². The smallest absolute Gasteiger partial charge is 0.326 e. The van der Waals surface area contributed by atoms with Gasteiger partial charge in [-0.25, -0.2) is 4.79 Å². The van der Waals surface area contributed by atoms with Crippen molar-refractivity contribution in [2.24, 2.45) is 0 Å². The van der Waals surface area contributed by atoms with Crippen molar-refractivity contribution in [3.63, 3.8) is 0 Å². The van der Waals surface area contributed by atoms with Gasteiger partial charge in [0.2, 0.25) is 11.7 Å². The summed E-state index contributed by atoms with van der Waals surface area (Å²) < 4.78 is 12.1. The largest absolute Gasteiger partial charge is 0.480 e. The molecule has 1 aromatic heterocycles. The Morgan fingerprint density at radius 1 is 1.36 bits per heavy atom. The lowest BCUT2D eigenvalue weighted by atomic mass is 10.1. The molecule has 0 saturated carbocycles. The molecule has 148 valence electrons. The number of aliphatic carboxylic acids is 1. The standard InChI is InChI=1S/C18H20N4O5S/c1-28(27)16(8-11-9-20-14-5-3-2-4-13(11)14)17(24)22-15(18(25)26)7-6-12(23)10-21-19/h2-5,9-10,15-16,20H,6-8H2,1H3,(H,22,24)(H,25,26)/t15-,16-,28?/m0/s1. The molecule has 2 rings (SSSR count). The van der Waals surface area contributed by atoms with E-state index in [0.29, 0.717) is 6.21 Å². The highest BCUT2D eigenvalue weighted by atomic mass is 32.2. The summed E-state index contributed by atoms with van der Waals surface area (Å²) in [7, 11) is -1.55. The number of amides is 1. The zero-order valence-electron chi connectivity index (χ0n) is 15.1. The molecular weight excluding hydrogens is 384 g/mol. The number of nitrogens with one attached hydrogen (secondary N) is 2. The van der Waals surface area contributed by atoms with Crippen molar-refractivity contribution in [1.82, 2.24) is 10.3 Å². The first-order valence-corrected chi connectivity index (χ1v) is 10.1. The lowest BCUT2D eigenvalue weighted by molar-refractivity contribution is -0.142. The summed E-state index contributed by atoms with van der Waals surface area (Å²) in [6, 6.07) is 6.15. The van der Waals surface area contributed by atoms with Crippen LogP contribution in [0.1, 0.15) is 18.4 Å². The molecule has 1 heterocycles. The van der Waals surface area contributed by atoms with Crippen LogP contribution in [-0.4, -0.2) is 60.5 Å². The molecule has 0 saturated heterocycles. The van der Waals surface area contributed by atoms with E-state index < -0.39 is 39.8 Å². The number of carbonyl (C=O) groups excluding carboxylic acids is 2. The van der Waals surface area contributed by atoms with Gasteiger partial charge >= 0.3 is 12.2 Å². The molecule has 28 heavy (non-hydrogen) atoms. The number of Topliss-reactive ketones (excluding diaryl/α,β-unsaturated/α-hetero) is 1. The molecule has 0 aliphatic heterocycles. The highest BCUT2D eigenvalue weighted by molar-refractivity contribution is 7.85. The minimum atomic E-state index is -1.55. The summed E-state index contributed by atoms with van der Waals surface area (Å²) >= 11 is 0. The Labute approximate surface area is 163 Å². The van der Waals surface area contributed by atoms with Gasteiger partial charge in [-0.1, -0.05) is 18.2 Å². The van der Waals surface area contributed by atoms with Gasteiger partial charge in [-0.15, -0.1) is 0 Å². The number of H-pyrrole nitrogens is 1. The molecule has 3 atom stereocenters. The van der Waals surface area contributed by atoms with Crippen molar-refractivity contribution in [2.45, 2.75) is 30.6 Å². The van der Waals surface area contributed by atoms with Gasteiger partial charge in [-0.05, 0) is 24.5 Å². The molecule has 0 spiro atoms. The average molecular weight is 404 g/mol. The van der Waals surface area contributed by atoms with E-state index in [1.807, 2.05) is 24.3 Å². The van der Waals surface area contributed by atoms with E-state index in [1.54, 1.807) is 6.20 Å². The SMILES string of the molecule is CS(=O)[C@@H](Cc1c[nH]c2ccccc12)C(=O)N[C@@H](CCC(=O)C=[N+]=[N-])C(=O)O. The van der Waals surface area contributed by atoms with E-state index in [1.165, 1.54) is 6.26 Å². The van der Waals surface area contributed by atoms with Crippen LogP contribution < -0.4 is 5.32 Å². The monoisotopic (exact) mass is 404 g/mol. The van der Waals surface area contributed by atoms with Crippen molar-refractivity contribution in [2.75, 3.05) is 6.26 Å². The Bertz CT molecular complexity index is 964. The molecular formula is C18H20N4O5S. The summed E-state index contributed by atoms with van der Waals surface area (Å²) in [5.74, 6) is -2.55. The number of aromatic nitrogens is 1. The van der Waals surface area contributed by atoms with Gasteiger partial charge in [0.15, 0.2) is 0 Å². The summed E-state index contributed by atoms with van der Waals surface area (Å²) in [6.07, 6.45) is 3.56. The number of rotatable bonds is 10. The third-order valence-corrected chi connectivity index (χ3v) is 5.45. The Balaban J connectivity index is 2.12. The van der Waals surface area contributed by atoms with E-state index in [0.717, 1.165) is 16.5 Å². The molecule has 0 aliphatic carbocycles. The van der Waals surface area contributed by atoms with Crippen molar-refractivity contribution in [3.8, 4) is 0 Å². The van der Waals surface area contributed by atoms with Crippen LogP contribution in [-0.2, 0) is 31.6 Å². The van der Waals surface area contributed by atoms with Gasteiger partial charge in [0.25, 0.3) is 0 Å². The van der Waals surface area contributed by atoms with Crippen molar-refractivity contribution in [3.05, 3.63) is 41.6 Å². The third kappa shape index (κ3) is 5.45. The van der Waals surface area contributed by atoms with Crippen LogP contribution >= 0.6 is 0 Å². The Morgan fingerprint density at radius 3 is 2.71 bits per heavy atom. The summed E-state index contributed by atoms with van der Waals surface area (Å²) in [6.45, 7) is 0. The normalized spacial score (nSPS) is 13.9. The van der Waals surface area contributed by atoms with Crippen molar-refractivity contribution >= 4 is 45.6 Å². The van der Waals surface area contributed by atoms with Crippen molar-refractivity contribution in [1.29, 1.82) is 0 Å². The first-order chi connectivity index (χ1) is 13.3. The predicted octanol–water partition coefficient (Wildman–Crippen LogP) is 0.677. The van der Waals surface area contributed by atoms with Crippen LogP contribution in [0, 0.1) is 0 Å². The minimum Gasteiger partial charge on any atom is -0.480 e. The van der Waals surface area contributed by atoms with Gasteiger partial charge in [-0.3, -0.25) is 13.8 Å². The zero-order valence-corrected chi connectivity index (χ0v) is 15.9. The average Bonchev–Trinajstić information content (AvgIpc) is 3.05. The molecule has 10 heteroatoms. The van der Waals surface area contributed by atoms with Crippen LogP contribution in [0.4, 0.5) is 0 Å². The van der Waals surface area contributed by atoms with Crippen molar-refractivity contribution < 1.29 is 28.5 Å². The molecule has 0 radical (unpaired) electrons. The molecule has 3 N–H and O–H groups in total. The second-order valence-corrected chi connectivity index (χ2v) is 7.77. The number of carboxylic acid groups (broad SMARTS) is 1. The van der Waals surface area contributed by atoms with E-state index >= 15 is 0 Å². The van der Waals surface area contributed by atoms with Crippen LogP contribution in [0.3, 0.4) is 0 Å². The summed E-state index contributed by atoms with van der Waals surface area (Å²) in [5.41, 5.74) is 9.99. The quantitative estimate of drug-likeness (QED) is 0.302. The third-order valence-electron chi connectivity index (χ3n) is 4.27. The maximum Gasteiger partial charge on any atom is 0.326 e. The molecule has 2 aromatic rings. The van der Waals surface area contributed by atoms with E-state index in [2.05, 4.69) is 15.1 Å². The molecule has 0 aliphatic rings. The molecule has 1 amide bonds. The number of aromatic amines is 1. The van der Waals surface area contributed by atoms with Gasteiger partial charge in [0.1, 0.15) is 11.3 Å². The molecule has 1 unspecified atom stereocenters. The molecule has 9 nitrogen and oxygen atoms in total. The van der Waals surface area contributed by atoms with Crippen LogP contribution in [0.2, 0.25) is 0 Å². The summed E-state index contributed by atoms with van der Waals surface area (Å²) in [5, 5.41) is 11.6. The number of benzene rings is 1. The first-order valence-electron chi connectivity index (χ1n) is 8.44. The lowest BCUT2D eigenvalue weighted by Crippen LogP contribution is -2.47. The number of carbonyl (C=O) groups is 3. The number of para-hydroxylation sites is 1. The van der Waals surface area contributed by atoms with E-state index in [-0.39, 0.29) is 19.3 Å². The lowest BCUT2D eigenvalue weighted by Gasteiger charge is -2.18. The first kappa shape index (κ1) is 21.2. The molecule has 1 aromatic carbocycles. The number of ketones is 1. The summed E-state index contributed by atoms with van der Waals surface area (Å²) in [4.78, 5) is 41.0. The Kier molecular flexibility index (Phi) is 7.36. The van der Waals surface area contributed by atoms with Gasteiger partial charge in [-0.2, -0.15) is 4.79 Å². The minimum absolute atomic E-state index is 0.168. The number of hydrogen-bond donors (Lipinski definition) is 3. The fraction of sp³-hybridized carbons (Fsp3) is 0.333. The number of nitrogens with zero attached hydrogens (tertiary/aromatic N) is 2. The maximum atomic E-state index is 12.6. The van der Waals surface area contributed by atoms with Crippen LogP contribution in [0.15, 0.2) is 30.5 Å². The second-order valence-electron chi connectivity index (χ2n) is 6.20.